The van der Waals surface area contributed by atoms with Gasteiger partial charge in [0.05, 0.1) is 24.4 Å². The highest BCUT2D eigenvalue weighted by molar-refractivity contribution is 6.02. The second kappa shape index (κ2) is 11.3. The number of hydrogen-bond donors (Lipinski definition) is 2. The lowest BCUT2D eigenvalue weighted by Gasteiger charge is -2.15. The molecule has 0 saturated heterocycles. The van der Waals surface area contributed by atoms with E-state index < -0.39 is 30.1 Å². The van der Waals surface area contributed by atoms with E-state index >= 15 is 0 Å². The molecule has 1 aliphatic rings. The van der Waals surface area contributed by atoms with Crippen molar-refractivity contribution in [2.24, 2.45) is 10.9 Å². The van der Waals surface area contributed by atoms with Gasteiger partial charge in [0.1, 0.15) is 11.8 Å². The molecule has 0 radical (unpaired) electrons. The van der Waals surface area contributed by atoms with Crippen molar-refractivity contribution < 1.29 is 23.1 Å². The summed E-state index contributed by atoms with van der Waals surface area (Å²) in [5.41, 5.74) is 4.10. The summed E-state index contributed by atoms with van der Waals surface area (Å²) in [5, 5.41) is 5.45. The van der Waals surface area contributed by atoms with Crippen molar-refractivity contribution in [2.75, 3.05) is 7.11 Å². The van der Waals surface area contributed by atoms with Crippen LogP contribution in [-0.4, -0.2) is 30.7 Å². The smallest absolute Gasteiger partial charge is 0.338 e. The summed E-state index contributed by atoms with van der Waals surface area (Å²) in [4.78, 5) is 29.0. The monoisotopic (exact) mass is 495 g/mol. The molecule has 0 aliphatic heterocycles. The van der Waals surface area contributed by atoms with E-state index in [2.05, 4.69) is 22.2 Å². The minimum absolute atomic E-state index is 0.120. The number of rotatable bonds is 9. The number of halogens is 2. The Balaban J connectivity index is 1.82. The SMILES string of the molecule is C=C(NC(=O)C1CC1(F)F)C(=NC(C)c1ccc(-c2cc(C)ccc2C(=O)OC)cc1)N/C=C\CC. The van der Waals surface area contributed by atoms with Crippen LogP contribution in [0.3, 0.4) is 0 Å². The van der Waals surface area contributed by atoms with Gasteiger partial charge >= 0.3 is 5.97 Å². The van der Waals surface area contributed by atoms with Gasteiger partial charge in [-0.25, -0.2) is 13.6 Å². The largest absolute Gasteiger partial charge is 0.465 e. The van der Waals surface area contributed by atoms with Crippen LogP contribution >= 0.6 is 0 Å². The van der Waals surface area contributed by atoms with Crippen LogP contribution < -0.4 is 10.6 Å². The highest BCUT2D eigenvalue weighted by atomic mass is 19.3. The first-order valence-electron chi connectivity index (χ1n) is 11.7. The van der Waals surface area contributed by atoms with Crippen molar-refractivity contribution >= 4 is 17.7 Å². The van der Waals surface area contributed by atoms with Gasteiger partial charge < -0.3 is 15.4 Å². The quantitative estimate of drug-likeness (QED) is 0.265. The number of alkyl halides is 2. The van der Waals surface area contributed by atoms with Crippen molar-refractivity contribution in [1.29, 1.82) is 0 Å². The summed E-state index contributed by atoms with van der Waals surface area (Å²) < 4.78 is 31.5. The number of aliphatic imine (C=N–C) groups is 1. The molecule has 8 heteroatoms. The number of amidine groups is 1. The topological polar surface area (TPSA) is 79.8 Å². The van der Waals surface area contributed by atoms with Crippen LogP contribution in [0.25, 0.3) is 11.1 Å². The number of methoxy groups -OCH3 is 1. The van der Waals surface area contributed by atoms with E-state index in [4.69, 9.17) is 4.74 Å². The Labute approximate surface area is 210 Å². The van der Waals surface area contributed by atoms with Gasteiger partial charge in [0, 0.05) is 6.42 Å². The third-order valence-electron chi connectivity index (χ3n) is 5.88. The maximum Gasteiger partial charge on any atom is 0.338 e. The Kier molecular flexibility index (Phi) is 8.40. The number of aryl methyl sites for hydroxylation is 1. The van der Waals surface area contributed by atoms with Crippen molar-refractivity contribution in [3.05, 3.63) is 83.7 Å². The third kappa shape index (κ3) is 6.44. The molecule has 1 saturated carbocycles. The predicted octanol–water partition coefficient (Wildman–Crippen LogP) is 5.71. The Bertz CT molecular complexity index is 1200. The minimum Gasteiger partial charge on any atom is -0.465 e. The molecule has 3 rings (SSSR count). The van der Waals surface area contributed by atoms with E-state index in [1.54, 1.807) is 12.3 Å². The Morgan fingerprint density at radius 2 is 1.92 bits per heavy atom. The van der Waals surface area contributed by atoms with Crippen molar-refractivity contribution in [3.63, 3.8) is 0 Å². The summed E-state index contributed by atoms with van der Waals surface area (Å²) in [5.74, 6) is -5.19. The molecular formula is C28H31F2N3O3. The number of carbonyl (C=O) groups excluding carboxylic acids is 2. The van der Waals surface area contributed by atoms with E-state index in [1.807, 2.05) is 63.2 Å². The number of nitrogens with one attached hydrogen (secondary N) is 2. The first kappa shape index (κ1) is 26.8. The zero-order valence-corrected chi connectivity index (χ0v) is 20.9. The Hall–Kier alpha value is -3.81. The van der Waals surface area contributed by atoms with E-state index in [0.717, 1.165) is 28.7 Å². The fourth-order valence-electron chi connectivity index (χ4n) is 3.65. The lowest BCUT2D eigenvalue weighted by atomic mass is 9.96. The third-order valence-corrected chi connectivity index (χ3v) is 5.88. The van der Waals surface area contributed by atoms with E-state index in [-0.39, 0.29) is 17.6 Å². The molecule has 2 aromatic rings. The van der Waals surface area contributed by atoms with Gasteiger partial charge in [0.2, 0.25) is 5.91 Å². The van der Waals surface area contributed by atoms with Gasteiger partial charge in [0.25, 0.3) is 5.92 Å². The van der Waals surface area contributed by atoms with Crippen LogP contribution in [0.2, 0.25) is 0 Å². The highest BCUT2D eigenvalue weighted by Gasteiger charge is 2.61. The molecule has 1 amide bonds. The van der Waals surface area contributed by atoms with Gasteiger partial charge in [-0.15, -0.1) is 0 Å². The van der Waals surface area contributed by atoms with Crippen LogP contribution in [0, 0.1) is 12.8 Å². The van der Waals surface area contributed by atoms with Gasteiger partial charge in [-0.2, -0.15) is 0 Å². The average molecular weight is 496 g/mol. The molecule has 190 valence electrons. The fraction of sp³-hybridized carbons (Fsp3) is 0.321. The van der Waals surface area contributed by atoms with Crippen molar-refractivity contribution in [1.82, 2.24) is 10.6 Å². The molecule has 0 spiro atoms. The zero-order chi connectivity index (χ0) is 26.5. The molecule has 0 heterocycles. The Morgan fingerprint density at radius 1 is 1.25 bits per heavy atom. The number of esters is 1. The number of benzene rings is 2. The minimum atomic E-state index is -2.96. The van der Waals surface area contributed by atoms with Gasteiger partial charge in [-0.3, -0.25) is 9.79 Å². The van der Waals surface area contributed by atoms with E-state index in [9.17, 15) is 18.4 Å². The lowest BCUT2D eigenvalue weighted by Crippen LogP contribution is -2.34. The molecular weight excluding hydrogens is 464 g/mol. The molecule has 36 heavy (non-hydrogen) atoms. The molecule has 1 aliphatic carbocycles. The fourth-order valence-corrected chi connectivity index (χ4v) is 3.65. The van der Waals surface area contributed by atoms with E-state index in [0.29, 0.717) is 5.56 Å². The van der Waals surface area contributed by atoms with Crippen LogP contribution in [0.5, 0.6) is 0 Å². The second-order valence-corrected chi connectivity index (χ2v) is 8.76. The number of carbonyl (C=O) groups is 2. The molecule has 0 aromatic heterocycles. The lowest BCUT2D eigenvalue weighted by molar-refractivity contribution is -0.123. The van der Waals surface area contributed by atoms with Crippen LogP contribution in [-0.2, 0) is 9.53 Å². The van der Waals surface area contributed by atoms with E-state index in [1.165, 1.54) is 7.11 Å². The molecule has 2 atom stereocenters. The maximum absolute atomic E-state index is 13.3. The first-order valence-corrected chi connectivity index (χ1v) is 11.7. The summed E-state index contributed by atoms with van der Waals surface area (Å²) in [7, 11) is 1.35. The number of hydrogen-bond acceptors (Lipinski definition) is 4. The molecule has 2 unspecified atom stereocenters. The molecule has 6 nitrogen and oxygen atoms in total. The van der Waals surface area contributed by atoms with Crippen LogP contribution in [0.4, 0.5) is 8.78 Å². The number of allylic oxidation sites excluding steroid dienone is 1. The summed E-state index contributed by atoms with van der Waals surface area (Å²) in [6, 6.07) is 12.8. The van der Waals surface area contributed by atoms with Crippen LogP contribution in [0.15, 0.2) is 72.0 Å². The highest BCUT2D eigenvalue weighted by Crippen LogP contribution is 2.48. The normalized spacial score (nSPS) is 17.4. The summed E-state index contributed by atoms with van der Waals surface area (Å²) >= 11 is 0. The van der Waals surface area contributed by atoms with Crippen molar-refractivity contribution in [2.45, 2.75) is 45.6 Å². The second-order valence-electron chi connectivity index (χ2n) is 8.76. The van der Waals surface area contributed by atoms with Crippen molar-refractivity contribution in [3.8, 4) is 11.1 Å². The first-order chi connectivity index (χ1) is 17.1. The van der Waals surface area contributed by atoms with Crippen LogP contribution in [0.1, 0.15) is 54.2 Å². The number of ether oxygens (including phenoxy) is 1. The predicted molar refractivity (Wildman–Crippen MR) is 137 cm³/mol. The molecule has 2 aromatic carbocycles. The summed E-state index contributed by atoms with van der Waals surface area (Å²) in [6.45, 7) is 9.61. The van der Waals surface area contributed by atoms with Gasteiger partial charge in [-0.05, 0) is 49.2 Å². The maximum atomic E-state index is 13.3. The number of nitrogens with zero attached hydrogens (tertiary/aromatic N) is 1. The average Bonchev–Trinajstić information content (AvgIpc) is 3.51. The Morgan fingerprint density at radius 3 is 2.50 bits per heavy atom. The van der Waals surface area contributed by atoms with Gasteiger partial charge in [-0.1, -0.05) is 61.5 Å². The molecule has 0 bridgehead atoms. The molecule has 1 fully saturated rings. The van der Waals surface area contributed by atoms with Gasteiger partial charge in [0.15, 0.2) is 0 Å². The molecule has 2 N–H and O–H groups in total. The number of amides is 1. The zero-order valence-electron chi connectivity index (χ0n) is 20.9. The standard InChI is InChI=1S/C28H31F2N3O3/c1-6-7-14-31-25(19(4)33-26(34)24-16-28(24,29)30)32-18(3)20-9-11-21(12-10-20)23-15-17(2)8-13-22(23)27(35)36-5/h7-15,18,24H,4,6,16H2,1-3,5H3,(H,31,32)(H,33,34)/b14-7-. The summed E-state index contributed by atoms with van der Waals surface area (Å²) in [6.07, 6.45) is 3.85.